The molecule has 3 nitrogen and oxygen atoms in total. The van der Waals surface area contributed by atoms with Gasteiger partial charge in [-0.25, -0.2) is 13.8 Å². The number of anilines is 1. The number of nitrogens with two attached hydrogens (primary N) is 1. The van der Waals surface area contributed by atoms with Crippen LogP contribution < -0.4 is 5.73 Å². The monoisotopic (exact) mass is 386 g/mol. The first-order chi connectivity index (χ1) is 11.3. The summed E-state index contributed by atoms with van der Waals surface area (Å²) in [6.45, 7) is 1.66. The van der Waals surface area contributed by atoms with E-state index in [0.29, 0.717) is 20.8 Å². The van der Waals surface area contributed by atoms with Crippen molar-refractivity contribution in [3.63, 3.8) is 0 Å². The smallest absolute Gasteiger partial charge is 0.280 e. The quantitative estimate of drug-likeness (QED) is 0.590. The van der Waals surface area contributed by atoms with Crippen molar-refractivity contribution in [2.24, 2.45) is 0 Å². The fourth-order valence-corrected chi connectivity index (χ4v) is 4.04. The van der Waals surface area contributed by atoms with E-state index < -0.39 is 12.2 Å². The number of hydrogen-bond donors (Lipinski definition) is 1. The number of thiophene rings is 1. The van der Waals surface area contributed by atoms with E-state index >= 15 is 0 Å². The zero-order valence-electron chi connectivity index (χ0n) is 12.2. The molecule has 0 fully saturated rings. The molecule has 0 aliphatic heterocycles. The molecule has 24 heavy (non-hydrogen) atoms. The number of ketones is 1. The normalized spacial score (nSPS) is 11.4. The van der Waals surface area contributed by atoms with Gasteiger partial charge in [0, 0.05) is 16.0 Å². The van der Waals surface area contributed by atoms with Gasteiger partial charge >= 0.3 is 0 Å². The standard InChI is InChI=1S/C16H10Cl2F2N2OS/c1-6-4-10(15(19)20)22-16-11(6)12(21)14(24-16)13(23)8-3-2-7(17)5-9(8)18/h2-5,15H,21H2,1H3. The SMILES string of the molecule is Cc1cc(C(F)F)nc2sc(C(=O)c3ccc(Cl)cc3Cl)c(N)c12. The van der Waals surface area contributed by atoms with Crippen molar-refractivity contribution in [1.82, 2.24) is 4.98 Å². The maximum Gasteiger partial charge on any atom is 0.280 e. The summed E-state index contributed by atoms with van der Waals surface area (Å²) in [4.78, 5) is 17.2. The maximum absolute atomic E-state index is 12.9. The number of fused-ring (bicyclic) bond motifs is 1. The number of alkyl halides is 2. The highest BCUT2D eigenvalue weighted by Gasteiger charge is 2.23. The molecule has 1 aromatic carbocycles. The largest absolute Gasteiger partial charge is 0.397 e. The molecule has 3 aromatic rings. The number of pyridine rings is 1. The summed E-state index contributed by atoms with van der Waals surface area (Å²) in [7, 11) is 0. The fraction of sp³-hybridized carbons (Fsp3) is 0.125. The second-order valence-electron chi connectivity index (χ2n) is 5.14. The first kappa shape index (κ1) is 17.1. The molecule has 0 saturated heterocycles. The van der Waals surface area contributed by atoms with Gasteiger partial charge in [-0.3, -0.25) is 4.79 Å². The Balaban J connectivity index is 2.18. The summed E-state index contributed by atoms with van der Waals surface area (Å²) in [6.07, 6.45) is -2.69. The fourth-order valence-electron chi connectivity index (χ4n) is 2.41. The molecule has 0 atom stereocenters. The Morgan fingerprint density at radius 2 is 2.00 bits per heavy atom. The molecular formula is C16H10Cl2F2N2OS. The van der Waals surface area contributed by atoms with Crippen molar-refractivity contribution in [2.45, 2.75) is 13.3 Å². The Kier molecular flexibility index (Phi) is 4.46. The minimum absolute atomic E-state index is 0.197. The van der Waals surface area contributed by atoms with Gasteiger partial charge in [0.05, 0.1) is 10.7 Å². The third-order valence-corrected chi connectivity index (χ3v) is 5.17. The van der Waals surface area contributed by atoms with Gasteiger partial charge in [0.2, 0.25) is 5.78 Å². The third-order valence-electron chi connectivity index (χ3n) is 3.52. The second kappa shape index (κ2) is 6.27. The first-order valence-corrected chi connectivity index (χ1v) is 8.34. The van der Waals surface area contributed by atoms with E-state index in [4.69, 9.17) is 28.9 Å². The number of benzene rings is 1. The van der Waals surface area contributed by atoms with Crippen LogP contribution in [0.4, 0.5) is 14.5 Å². The average Bonchev–Trinajstić information content (AvgIpc) is 2.84. The summed E-state index contributed by atoms with van der Waals surface area (Å²) in [5, 5.41) is 1.11. The van der Waals surface area contributed by atoms with E-state index in [9.17, 15) is 13.6 Å². The number of halogens is 4. The van der Waals surface area contributed by atoms with Gasteiger partial charge in [0.25, 0.3) is 6.43 Å². The number of hydrogen-bond acceptors (Lipinski definition) is 4. The Bertz CT molecular complexity index is 972. The molecule has 0 aliphatic carbocycles. The number of carbonyl (C=O) groups is 1. The minimum atomic E-state index is -2.69. The molecule has 8 heteroatoms. The molecular weight excluding hydrogens is 377 g/mol. The highest BCUT2D eigenvalue weighted by Crippen LogP contribution is 2.38. The number of rotatable bonds is 3. The average molecular weight is 387 g/mol. The molecule has 0 aliphatic rings. The van der Waals surface area contributed by atoms with E-state index in [0.717, 1.165) is 11.3 Å². The number of nitrogen functional groups attached to an aromatic ring is 1. The van der Waals surface area contributed by atoms with Crippen LogP contribution in [-0.2, 0) is 0 Å². The Labute approximate surface area is 150 Å². The zero-order chi connectivity index (χ0) is 17.6. The molecule has 3 rings (SSSR count). The van der Waals surface area contributed by atoms with E-state index in [1.807, 2.05) is 0 Å². The molecule has 2 N–H and O–H groups in total. The van der Waals surface area contributed by atoms with Crippen molar-refractivity contribution in [3.05, 3.63) is 56.0 Å². The first-order valence-electron chi connectivity index (χ1n) is 6.77. The zero-order valence-corrected chi connectivity index (χ0v) is 14.6. The lowest BCUT2D eigenvalue weighted by atomic mass is 10.1. The highest BCUT2D eigenvalue weighted by atomic mass is 35.5. The molecule has 2 aromatic heterocycles. The second-order valence-corrected chi connectivity index (χ2v) is 6.99. The number of aryl methyl sites for hydroxylation is 1. The van der Waals surface area contributed by atoms with Gasteiger partial charge in [0.15, 0.2) is 0 Å². The van der Waals surface area contributed by atoms with E-state index in [2.05, 4.69) is 4.98 Å². The summed E-state index contributed by atoms with van der Waals surface area (Å²) >= 11 is 12.9. The van der Waals surface area contributed by atoms with E-state index in [1.165, 1.54) is 18.2 Å². The third kappa shape index (κ3) is 2.85. The van der Waals surface area contributed by atoms with Crippen LogP contribution in [0.1, 0.15) is 32.9 Å². The minimum Gasteiger partial charge on any atom is -0.397 e. The van der Waals surface area contributed by atoms with Crippen LogP contribution in [0, 0.1) is 6.92 Å². The summed E-state index contributed by atoms with van der Waals surface area (Å²) < 4.78 is 25.8. The van der Waals surface area contributed by atoms with Crippen LogP contribution in [0.2, 0.25) is 10.0 Å². The van der Waals surface area contributed by atoms with Crippen LogP contribution in [0.25, 0.3) is 10.2 Å². The van der Waals surface area contributed by atoms with Gasteiger partial charge < -0.3 is 5.73 Å². The van der Waals surface area contributed by atoms with Crippen molar-refractivity contribution >= 4 is 56.2 Å². The number of carbonyl (C=O) groups excluding carboxylic acids is 1. The summed E-state index contributed by atoms with van der Waals surface area (Å²) in [5.41, 5.74) is 6.74. The topological polar surface area (TPSA) is 56.0 Å². The molecule has 0 unspecified atom stereocenters. The molecule has 124 valence electrons. The van der Waals surface area contributed by atoms with Gasteiger partial charge in [-0.15, -0.1) is 11.3 Å². The molecule has 0 spiro atoms. The van der Waals surface area contributed by atoms with Gasteiger partial charge in [0.1, 0.15) is 15.4 Å². The predicted octanol–water partition coefficient (Wildman–Crippen LogP) is 5.66. The molecule has 0 radical (unpaired) electrons. The van der Waals surface area contributed by atoms with Crippen LogP contribution >= 0.6 is 34.5 Å². The van der Waals surface area contributed by atoms with Crippen LogP contribution in [0.5, 0.6) is 0 Å². The number of nitrogens with zero attached hydrogens (tertiary/aromatic N) is 1. The van der Waals surface area contributed by atoms with Crippen LogP contribution in [0.15, 0.2) is 24.3 Å². The summed E-state index contributed by atoms with van der Waals surface area (Å²) in [5.74, 6) is -0.393. The van der Waals surface area contributed by atoms with Crippen molar-refractivity contribution in [1.29, 1.82) is 0 Å². The maximum atomic E-state index is 12.9. The summed E-state index contributed by atoms with van der Waals surface area (Å²) in [6, 6.07) is 5.78. The Morgan fingerprint density at radius 1 is 1.29 bits per heavy atom. The van der Waals surface area contributed by atoms with Crippen molar-refractivity contribution in [3.8, 4) is 0 Å². The molecule has 2 heterocycles. The van der Waals surface area contributed by atoms with Gasteiger partial charge in [-0.1, -0.05) is 23.2 Å². The van der Waals surface area contributed by atoms with Gasteiger partial charge in [-0.2, -0.15) is 0 Å². The van der Waals surface area contributed by atoms with Crippen molar-refractivity contribution < 1.29 is 13.6 Å². The lowest BCUT2D eigenvalue weighted by Gasteiger charge is -2.04. The lowest BCUT2D eigenvalue weighted by molar-refractivity contribution is 0.104. The van der Waals surface area contributed by atoms with Crippen LogP contribution in [0.3, 0.4) is 0 Å². The predicted molar refractivity (Wildman–Crippen MR) is 93.6 cm³/mol. The van der Waals surface area contributed by atoms with E-state index in [-0.39, 0.29) is 26.8 Å². The lowest BCUT2D eigenvalue weighted by Crippen LogP contribution is -2.03. The molecule has 0 bridgehead atoms. The molecule has 0 amide bonds. The highest BCUT2D eigenvalue weighted by molar-refractivity contribution is 7.21. The Hall–Kier alpha value is -1.76. The number of aromatic nitrogens is 1. The Morgan fingerprint density at radius 3 is 2.62 bits per heavy atom. The van der Waals surface area contributed by atoms with E-state index in [1.54, 1.807) is 13.0 Å². The van der Waals surface area contributed by atoms with Crippen LogP contribution in [-0.4, -0.2) is 10.8 Å². The molecule has 0 saturated carbocycles. The van der Waals surface area contributed by atoms with Crippen molar-refractivity contribution in [2.75, 3.05) is 5.73 Å². The van der Waals surface area contributed by atoms with Gasteiger partial charge in [-0.05, 0) is 36.8 Å².